The fraction of sp³-hybridized carbons (Fsp3) is 0.533. The van der Waals surface area contributed by atoms with Gasteiger partial charge >= 0.3 is 0 Å². The molecule has 1 amide bonds. The molecule has 106 valence electrons. The van der Waals surface area contributed by atoms with Crippen LogP contribution in [0.15, 0.2) is 24.3 Å². The average Bonchev–Trinajstić information content (AvgIpc) is 2.42. The Morgan fingerprint density at radius 2 is 2.21 bits per heavy atom. The van der Waals surface area contributed by atoms with E-state index in [-0.39, 0.29) is 24.2 Å². The predicted octanol–water partition coefficient (Wildman–Crippen LogP) is 3.00. The lowest BCUT2D eigenvalue weighted by molar-refractivity contribution is -0.120. The van der Waals surface area contributed by atoms with Gasteiger partial charge in [-0.2, -0.15) is 0 Å². The Morgan fingerprint density at radius 1 is 1.42 bits per heavy atom. The van der Waals surface area contributed by atoms with Crippen LogP contribution >= 0.6 is 12.4 Å². The molecule has 0 bridgehead atoms. The first-order valence-electron chi connectivity index (χ1n) is 6.90. The van der Waals surface area contributed by atoms with Crippen LogP contribution in [0.4, 0.5) is 5.69 Å². The topological polar surface area (TPSA) is 41.1 Å². The Hall–Kier alpha value is -1.06. The molecule has 1 heterocycles. The summed E-state index contributed by atoms with van der Waals surface area (Å²) in [6, 6.07) is 8.11. The van der Waals surface area contributed by atoms with Gasteiger partial charge in [0.1, 0.15) is 0 Å². The second-order valence-electron chi connectivity index (χ2n) is 4.94. The van der Waals surface area contributed by atoms with Crippen molar-refractivity contribution in [3.05, 3.63) is 29.8 Å². The van der Waals surface area contributed by atoms with Crippen LogP contribution in [0.2, 0.25) is 0 Å². The van der Waals surface area contributed by atoms with Crippen molar-refractivity contribution in [3.8, 4) is 0 Å². The zero-order chi connectivity index (χ0) is 12.8. The summed E-state index contributed by atoms with van der Waals surface area (Å²) in [6.45, 7) is 4.00. The van der Waals surface area contributed by atoms with Gasteiger partial charge in [0.05, 0.1) is 5.92 Å². The molecular formula is C15H23ClN2O. The van der Waals surface area contributed by atoms with E-state index in [0.29, 0.717) is 0 Å². The van der Waals surface area contributed by atoms with Gasteiger partial charge in [-0.1, -0.05) is 31.5 Å². The number of hydrogen-bond acceptors (Lipinski definition) is 2. The van der Waals surface area contributed by atoms with Gasteiger partial charge in [-0.25, -0.2) is 0 Å². The highest BCUT2D eigenvalue weighted by Gasteiger charge is 2.21. The van der Waals surface area contributed by atoms with Crippen molar-refractivity contribution in [2.75, 3.05) is 18.4 Å². The van der Waals surface area contributed by atoms with Gasteiger partial charge in [0.15, 0.2) is 0 Å². The molecule has 0 aromatic heterocycles. The molecule has 1 aliphatic heterocycles. The zero-order valence-electron chi connectivity index (χ0n) is 11.4. The van der Waals surface area contributed by atoms with Crippen molar-refractivity contribution < 1.29 is 4.79 Å². The first-order chi connectivity index (χ1) is 8.81. The molecule has 2 N–H and O–H groups in total. The maximum absolute atomic E-state index is 12.2. The number of aryl methyl sites for hydroxylation is 1. The smallest absolute Gasteiger partial charge is 0.228 e. The molecular weight excluding hydrogens is 260 g/mol. The van der Waals surface area contributed by atoms with Gasteiger partial charge in [-0.05, 0) is 37.4 Å². The lowest BCUT2D eigenvalue weighted by atomic mass is 9.98. The summed E-state index contributed by atoms with van der Waals surface area (Å²) in [6.07, 6.45) is 4.20. The molecule has 1 atom stereocenters. The van der Waals surface area contributed by atoms with Gasteiger partial charge in [-0.15, -0.1) is 12.4 Å². The second kappa shape index (κ2) is 8.18. The molecule has 0 unspecified atom stereocenters. The minimum absolute atomic E-state index is 0. The number of nitrogens with one attached hydrogen (secondary N) is 2. The van der Waals surface area contributed by atoms with Crippen LogP contribution in [-0.4, -0.2) is 19.0 Å². The number of rotatable bonds is 4. The van der Waals surface area contributed by atoms with E-state index >= 15 is 0 Å². The number of piperidine rings is 1. The van der Waals surface area contributed by atoms with E-state index in [4.69, 9.17) is 0 Å². The largest absolute Gasteiger partial charge is 0.326 e. The summed E-state index contributed by atoms with van der Waals surface area (Å²) in [5.41, 5.74) is 2.21. The maximum atomic E-state index is 12.2. The van der Waals surface area contributed by atoms with E-state index in [1.807, 2.05) is 18.2 Å². The minimum atomic E-state index is 0. The molecule has 1 aromatic rings. The summed E-state index contributed by atoms with van der Waals surface area (Å²) in [7, 11) is 0. The highest BCUT2D eigenvalue weighted by Crippen LogP contribution is 2.19. The lowest BCUT2D eigenvalue weighted by Crippen LogP contribution is -2.37. The zero-order valence-corrected chi connectivity index (χ0v) is 12.3. The van der Waals surface area contributed by atoms with Crippen LogP contribution in [0.1, 0.15) is 31.7 Å². The number of benzene rings is 1. The van der Waals surface area contributed by atoms with Crippen molar-refractivity contribution in [1.29, 1.82) is 0 Å². The maximum Gasteiger partial charge on any atom is 0.228 e. The number of amides is 1. The molecule has 0 spiro atoms. The number of hydrogen-bond donors (Lipinski definition) is 2. The number of carbonyl (C=O) groups is 1. The molecule has 19 heavy (non-hydrogen) atoms. The monoisotopic (exact) mass is 282 g/mol. The van der Waals surface area contributed by atoms with Crippen LogP contribution in [-0.2, 0) is 11.2 Å². The van der Waals surface area contributed by atoms with E-state index in [1.165, 1.54) is 5.56 Å². The highest BCUT2D eigenvalue weighted by molar-refractivity contribution is 5.93. The Balaban J connectivity index is 0.00000180. The van der Waals surface area contributed by atoms with Crippen LogP contribution in [0.3, 0.4) is 0 Å². The first-order valence-corrected chi connectivity index (χ1v) is 6.90. The number of para-hydroxylation sites is 1. The van der Waals surface area contributed by atoms with Gasteiger partial charge < -0.3 is 10.6 Å². The van der Waals surface area contributed by atoms with Gasteiger partial charge in [-0.3, -0.25) is 4.79 Å². The molecule has 4 heteroatoms. The molecule has 1 aliphatic rings. The fourth-order valence-electron chi connectivity index (χ4n) is 2.44. The Labute approximate surface area is 121 Å². The summed E-state index contributed by atoms with van der Waals surface area (Å²) in [4.78, 5) is 12.2. The van der Waals surface area contributed by atoms with Crippen LogP contribution in [0.5, 0.6) is 0 Å². The third-order valence-corrected chi connectivity index (χ3v) is 3.46. The Bertz CT molecular complexity index is 403. The second-order valence-corrected chi connectivity index (χ2v) is 4.94. The first kappa shape index (κ1) is 16.0. The van der Waals surface area contributed by atoms with E-state index in [0.717, 1.165) is 44.5 Å². The summed E-state index contributed by atoms with van der Waals surface area (Å²) in [5.74, 6) is 0.277. The molecule has 2 rings (SSSR count). The van der Waals surface area contributed by atoms with Gasteiger partial charge in [0.2, 0.25) is 5.91 Å². The molecule has 1 fully saturated rings. The van der Waals surface area contributed by atoms with Gasteiger partial charge in [0.25, 0.3) is 0 Å². The van der Waals surface area contributed by atoms with E-state index in [1.54, 1.807) is 0 Å². The fourth-order valence-corrected chi connectivity index (χ4v) is 2.44. The number of carbonyl (C=O) groups excluding carboxylic acids is 1. The average molecular weight is 283 g/mol. The third-order valence-electron chi connectivity index (χ3n) is 3.46. The van der Waals surface area contributed by atoms with E-state index in [2.05, 4.69) is 23.6 Å². The SMILES string of the molecule is CCCc1ccccc1NC(=O)[C@@H]1CCCNC1.Cl. The van der Waals surface area contributed by atoms with Crippen LogP contribution in [0.25, 0.3) is 0 Å². The molecule has 0 saturated carbocycles. The summed E-state index contributed by atoms with van der Waals surface area (Å²) < 4.78 is 0. The Morgan fingerprint density at radius 3 is 2.89 bits per heavy atom. The third kappa shape index (κ3) is 4.51. The van der Waals surface area contributed by atoms with Crippen molar-refractivity contribution in [1.82, 2.24) is 5.32 Å². The van der Waals surface area contributed by atoms with E-state index in [9.17, 15) is 4.79 Å². The highest BCUT2D eigenvalue weighted by atomic mass is 35.5. The summed E-state index contributed by atoms with van der Waals surface area (Å²) >= 11 is 0. The molecule has 3 nitrogen and oxygen atoms in total. The van der Waals surface area contributed by atoms with Crippen molar-refractivity contribution in [2.45, 2.75) is 32.6 Å². The number of anilines is 1. The summed E-state index contributed by atoms with van der Waals surface area (Å²) in [5, 5.41) is 6.37. The van der Waals surface area contributed by atoms with Crippen LogP contribution < -0.4 is 10.6 Å². The van der Waals surface area contributed by atoms with E-state index < -0.39 is 0 Å². The molecule has 1 aromatic carbocycles. The minimum Gasteiger partial charge on any atom is -0.326 e. The molecule has 0 radical (unpaired) electrons. The predicted molar refractivity (Wildman–Crippen MR) is 81.9 cm³/mol. The van der Waals surface area contributed by atoms with Crippen molar-refractivity contribution in [3.63, 3.8) is 0 Å². The van der Waals surface area contributed by atoms with Crippen LogP contribution in [0, 0.1) is 5.92 Å². The molecule has 1 saturated heterocycles. The van der Waals surface area contributed by atoms with Crippen molar-refractivity contribution >= 4 is 24.0 Å². The number of halogens is 1. The lowest BCUT2D eigenvalue weighted by Gasteiger charge is -2.22. The quantitative estimate of drug-likeness (QED) is 0.891. The van der Waals surface area contributed by atoms with Gasteiger partial charge in [0, 0.05) is 12.2 Å². The Kier molecular flexibility index (Phi) is 6.89. The normalized spacial score (nSPS) is 18.5. The van der Waals surface area contributed by atoms with Crippen molar-refractivity contribution in [2.24, 2.45) is 5.92 Å². The standard InChI is InChI=1S/C15H22N2O.ClH/c1-2-6-12-7-3-4-9-14(12)17-15(18)13-8-5-10-16-11-13;/h3-4,7,9,13,16H,2,5-6,8,10-11H2,1H3,(H,17,18);1H/t13-;/m1./s1. The molecule has 0 aliphatic carbocycles.